The van der Waals surface area contributed by atoms with Gasteiger partial charge in [-0.05, 0) is 36.5 Å². The van der Waals surface area contributed by atoms with Gasteiger partial charge in [-0.1, -0.05) is 25.5 Å². The Morgan fingerprint density at radius 3 is 2.26 bits per heavy atom. The summed E-state index contributed by atoms with van der Waals surface area (Å²) >= 11 is 0. The number of hydrogen-bond donors (Lipinski definition) is 1. The Kier molecular flexibility index (Phi) is 4.60. The van der Waals surface area contributed by atoms with Crippen LogP contribution in [0, 0.1) is 5.92 Å². The second kappa shape index (κ2) is 6.03. The van der Waals surface area contributed by atoms with Crippen molar-refractivity contribution in [1.82, 2.24) is 4.31 Å². The monoisotopic (exact) mass is 282 g/mol. The topological polar surface area (TPSA) is 63.4 Å². The number of sulfonamides is 1. The van der Waals surface area contributed by atoms with Crippen LogP contribution in [0.4, 0.5) is 0 Å². The molecule has 1 aromatic carbocycles. The van der Waals surface area contributed by atoms with E-state index in [2.05, 4.69) is 6.92 Å². The van der Waals surface area contributed by atoms with E-state index in [0.717, 1.165) is 24.8 Å². The first-order chi connectivity index (χ1) is 9.07. The second-order valence-corrected chi connectivity index (χ2v) is 7.04. The first-order valence-electron chi connectivity index (χ1n) is 6.87. The number of rotatable bonds is 4. The summed E-state index contributed by atoms with van der Waals surface area (Å²) in [5.41, 5.74) is 6.47. The Bertz CT molecular complexity index is 503. The second-order valence-electron chi connectivity index (χ2n) is 5.10. The number of nitrogens with two attached hydrogens (primary N) is 1. The molecule has 1 aliphatic heterocycles. The van der Waals surface area contributed by atoms with Gasteiger partial charge in [0.2, 0.25) is 10.0 Å². The van der Waals surface area contributed by atoms with Crippen LogP contribution in [0.1, 0.15) is 31.7 Å². The Morgan fingerprint density at radius 1 is 1.21 bits per heavy atom. The maximum Gasteiger partial charge on any atom is 0.243 e. The summed E-state index contributed by atoms with van der Waals surface area (Å²) in [7, 11) is -3.33. The van der Waals surface area contributed by atoms with Crippen molar-refractivity contribution in [3.63, 3.8) is 0 Å². The van der Waals surface area contributed by atoms with E-state index < -0.39 is 10.0 Å². The van der Waals surface area contributed by atoms with Crippen molar-refractivity contribution < 1.29 is 8.42 Å². The SMILES string of the molecule is CCC1CCN(S(=O)(=O)c2ccc(CN)cc2)CC1. The fraction of sp³-hybridized carbons (Fsp3) is 0.571. The van der Waals surface area contributed by atoms with E-state index in [9.17, 15) is 8.42 Å². The maximum atomic E-state index is 12.5. The van der Waals surface area contributed by atoms with Crippen molar-refractivity contribution in [3.05, 3.63) is 29.8 Å². The lowest BCUT2D eigenvalue weighted by molar-refractivity contribution is 0.269. The van der Waals surface area contributed by atoms with Gasteiger partial charge in [0.15, 0.2) is 0 Å². The molecule has 5 heteroatoms. The first kappa shape index (κ1) is 14.5. The summed E-state index contributed by atoms with van der Waals surface area (Å²) in [5, 5.41) is 0. The summed E-state index contributed by atoms with van der Waals surface area (Å²) < 4.78 is 26.6. The minimum Gasteiger partial charge on any atom is -0.326 e. The van der Waals surface area contributed by atoms with E-state index in [1.54, 1.807) is 28.6 Å². The fourth-order valence-corrected chi connectivity index (χ4v) is 3.97. The van der Waals surface area contributed by atoms with E-state index in [0.29, 0.717) is 30.4 Å². The molecule has 1 aliphatic rings. The van der Waals surface area contributed by atoms with Crippen molar-refractivity contribution >= 4 is 10.0 Å². The zero-order valence-electron chi connectivity index (χ0n) is 11.4. The van der Waals surface area contributed by atoms with Gasteiger partial charge in [0, 0.05) is 19.6 Å². The molecular weight excluding hydrogens is 260 g/mol. The Balaban J connectivity index is 2.13. The molecule has 0 aromatic heterocycles. The minimum absolute atomic E-state index is 0.375. The van der Waals surface area contributed by atoms with Gasteiger partial charge in [0.25, 0.3) is 0 Å². The van der Waals surface area contributed by atoms with Crippen molar-refractivity contribution in [1.29, 1.82) is 0 Å². The van der Waals surface area contributed by atoms with Crippen LogP contribution in [0.15, 0.2) is 29.2 Å². The lowest BCUT2D eigenvalue weighted by atomic mass is 9.96. The van der Waals surface area contributed by atoms with Crippen LogP contribution in [0.5, 0.6) is 0 Å². The van der Waals surface area contributed by atoms with Crippen molar-refractivity contribution in [2.75, 3.05) is 13.1 Å². The van der Waals surface area contributed by atoms with Gasteiger partial charge in [0.1, 0.15) is 0 Å². The van der Waals surface area contributed by atoms with Gasteiger partial charge in [-0.25, -0.2) is 8.42 Å². The molecule has 0 atom stereocenters. The summed E-state index contributed by atoms with van der Waals surface area (Å²) in [5.74, 6) is 0.672. The van der Waals surface area contributed by atoms with E-state index in [1.165, 1.54) is 0 Å². The molecule has 106 valence electrons. The Labute approximate surface area is 115 Å². The van der Waals surface area contributed by atoms with Crippen LogP contribution in [-0.2, 0) is 16.6 Å². The Morgan fingerprint density at radius 2 is 1.79 bits per heavy atom. The van der Waals surface area contributed by atoms with Crippen LogP contribution in [-0.4, -0.2) is 25.8 Å². The molecule has 0 amide bonds. The van der Waals surface area contributed by atoms with E-state index >= 15 is 0 Å². The molecule has 0 unspecified atom stereocenters. The molecule has 4 nitrogen and oxygen atoms in total. The van der Waals surface area contributed by atoms with Crippen LogP contribution < -0.4 is 5.73 Å². The fourth-order valence-electron chi connectivity index (χ4n) is 2.50. The number of hydrogen-bond acceptors (Lipinski definition) is 3. The zero-order chi connectivity index (χ0) is 13.9. The molecule has 1 fully saturated rings. The molecular formula is C14H22N2O2S. The van der Waals surface area contributed by atoms with E-state index in [4.69, 9.17) is 5.73 Å². The normalized spacial score (nSPS) is 18.6. The Hall–Kier alpha value is -0.910. The van der Waals surface area contributed by atoms with Crippen LogP contribution in [0.2, 0.25) is 0 Å². The summed E-state index contributed by atoms with van der Waals surface area (Å²) in [4.78, 5) is 0.375. The van der Waals surface area contributed by atoms with Gasteiger partial charge >= 0.3 is 0 Å². The standard InChI is InChI=1S/C14H22N2O2S/c1-2-12-7-9-16(10-8-12)19(17,18)14-5-3-13(11-15)4-6-14/h3-6,12H,2,7-11,15H2,1H3. The largest absolute Gasteiger partial charge is 0.326 e. The number of benzene rings is 1. The highest BCUT2D eigenvalue weighted by molar-refractivity contribution is 7.89. The highest BCUT2D eigenvalue weighted by Gasteiger charge is 2.28. The minimum atomic E-state index is -3.33. The molecule has 0 bridgehead atoms. The zero-order valence-corrected chi connectivity index (χ0v) is 12.2. The highest BCUT2D eigenvalue weighted by Crippen LogP contribution is 2.25. The van der Waals surface area contributed by atoms with E-state index in [1.807, 2.05) is 0 Å². The van der Waals surface area contributed by atoms with Crippen LogP contribution in [0.3, 0.4) is 0 Å². The molecule has 19 heavy (non-hydrogen) atoms. The summed E-state index contributed by atoms with van der Waals surface area (Å²) in [6, 6.07) is 6.88. The number of nitrogens with zero attached hydrogens (tertiary/aromatic N) is 1. The van der Waals surface area contributed by atoms with Crippen LogP contribution in [0.25, 0.3) is 0 Å². The molecule has 1 aromatic rings. The average Bonchev–Trinajstić information content (AvgIpc) is 2.47. The predicted molar refractivity (Wildman–Crippen MR) is 76.1 cm³/mol. The molecule has 2 N–H and O–H groups in total. The van der Waals surface area contributed by atoms with Crippen LogP contribution >= 0.6 is 0 Å². The van der Waals surface area contributed by atoms with Crippen molar-refractivity contribution in [2.45, 2.75) is 37.6 Å². The van der Waals surface area contributed by atoms with Gasteiger partial charge < -0.3 is 5.73 Å². The molecule has 0 radical (unpaired) electrons. The molecule has 0 saturated carbocycles. The lowest BCUT2D eigenvalue weighted by Crippen LogP contribution is -2.38. The van der Waals surface area contributed by atoms with Gasteiger partial charge in [-0.3, -0.25) is 0 Å². The third-order valence-electron chi connectivity index (χ3n) is 3.95. The smallest absolute Gasteiger partial charge is 0.243 e. The molecule has 0 aliphatic carbocycles. The van der Waals surface area contributed by atoms with Gasteiger partial charge in [-0.15, -0.1) is 0 Å². The first-order valence-corrected chi connectivity index (χ1v) is 8.31. The molecule has 1 heterocycles. The van der Waals surface area contributed by atoms with Gasteiger partial charge in [-0.2, -0.15) is 4.31 Å². The highest BCUT2D eigenvalue weighted by atomic mass is 32.2. The quantitative estimate of drug-likeness (QED) is 0.918. The molecule has 2 rings (SSSR count). The average molecular weight is 282 g/mol. The third kappa shape index (κ3) is 3.16. The van der Waals surface area contributed by atoms with E-state index in [-0.39, 0.29) is 0 Å². The lowest BCUT2D eigenvalue weighted by Gasteiger charge is -2.30. The molecule has 0 spiro atoms. The van der Waals surface area contributed by atoms with Crippen molar-refractivity contribution in [3.8, 4) is 0 Å². The third-order valence-corrected chi connectivity index (χ3v) is 5.86. The number of piperidine rings is 1. The molecule has 1 saturated heterocycles. The van der Waals surface area contributed by atoms with Crippen molar-refractivity contribution in [2.24, 2.45) is 11.7 Å². The summed E-state index contributed by atoms with van der Waals surface area (Å²) in [6.07, 6.45) is 3.08. The maximum absolute atomic E-state index is 12.5. The van der Waals surface area contributed by atoms with Gasteiger partial charge in [0.05, 0.1) is 4.90 Å². The predicted octanol–water partition coefficient (Wildman–Crippen LogP) is 1.96. The summed E-state index contributed by atoms with van der Waals surface area (Å²) in [6.45, 7) is 3.88.